The molecule has 1 N–H and O–H groups in total. The summed E-state index contributed by atoms with van der Waals surface area (Å²) in [5.74, 6) is 2.38. The fourth-order valence-corrected chi connectivity index (χ4v) is 1.58. The van der Waals surface area contributed by atoms with Crippen molar-refractivity contribution in [3.8, 4) is 0 Å². The van der Waals surface area contributed by atoms with Gasteiger partial charge >= 0.3 is 0 Å². The Morgan fingerprint density at radius 3 is 2.56 bits per heavy atom. The Balaban J connectivity index is 2.97. The Bertz CT molecular complexity index is 299. The van der Waals surface area contributed by atoms with Gasteiger partial charge < -0.3 is 5.32 Å². The van der Waals surface area contributed by atoms with E-state index in [2.05, 4.69) is 49.0 Å². The van der Waals surface area contributed by atoms with Gasteiger partial charge in [-0.3, -0.25) is 0 Å². The van der Waals surface area contributed by atoms with E-state index in [1.165, 1.54) is 0 Å². The lowest BCUT2D eigenvalue weighted by Gasteiger charge is -2.12. The molecular weight excluding hydrogens is 198 g/mol. The molecule has 0 saturated carbocycles. The van der Waals surface area contributed by atoms with Crippen molar-refractivity contribution < 1.29 is 0 Å². The van der Waals surface area contributed by atoms with E-state index in [0.717, 1.165) is 43.1 Å². The molecule has 0 aromatic carbocycles. The Labute approximate surface area is 98.7 Å². The molecule has 3 heteroatoms. The molecule has 16 heavy (non-hydrogen) atoms. The summed E-state index contributed by atoms with van der Waals surface area (Å²) in [6.45, 7) is 9.53. The van der Waals surface area contributed by atoms with Gasteiger partial charge in [0.25, 0.3) is 0 Å². The fraction of sp³-hybridized carbons (Fsp3) is 0.692. The van der Waals surface area contributed by atoms with Crippen LogP contribution in [0.5, 0.6) is 0 Å². The standard InChI is InChI=1S/C13H23N3/c1-5-8-11-9-12(14-7-3)16-13(15-11)10(4)6-2/h9-10H,5-8H2,1-4H3,(H,14,15,16). The second kappa shape index (κ2) is 6.46. The molecule has 0 aliphatic carbocycles. The SMILES string of the molecule is CCCc1cc(NCC)nc(C(C)CC)n1. The van der Waals surface area contributed by atoms with Gasteiger partial charge in [0, 0.05) is 24.2 Å². The number of rotatable bonds is 6. The zero-order chi connectivity index (χ0) is 12.0. The highest BCUT2D eigenvalue weighted by atomic mass is 15.0. The number of nitrogens with zero attached hydrogens (tertiary/aromatic N) is 2. The average molecular weight is 221 g/mol. The third-order valence-corrected chi connectivity index (χ3v) is 2.71. The minimum atomic E-state index is 0.439. The van der Waals surface area contributed by atoms with E-state index in [1.54, 1.807) is 0 Å². The molecule has 1 unspecified atom stereocenters. The number of aromatic nitrogens is 2. The van der Waals surface area contributed by atoms with Crippen molar-refractivity contribution in [3.05, 3.63) is 17.6 Å². The molecule has 0 spiro atoms. The van der Waals surface area contributed by atoms with E-state index in [9.17, 15) is 0 Å². The third-order valence-electron chi connectivity index (χ3n) is 2.71. The zero-order valence-electron chi connectivity index (χ0n) is 10.9. The zero-order valence-corrected chi connectivity index (χ0v) is 10.9. The lowest BCUT2D eigenvalue weighted by molar-refractivity contribution is 0.669. The van der Waals surface area contributed by atoms with Crippen molar-refractivity contribution in [2.75, 3.05) is 11.9 Å². The van der Waals surface area contributed by atoms with Crippen LogP contribution in [0.1, 0.15) is 58.0 Å². The first kappa shape index (κ1) is 12.9. The largest absolute Gasteiger partial charge is 0.370 e. The van der Waals surface area contributed by atoms with Crippen molar-refractivity contribution in [2.24, 2.45) is 0 Å². The molecule has 0 aliphatic heterocycles. The lowest BCUT2D eigenvalue weighted by atomic mass is 10.1. The van der Waals surface area contributed by atoms with Crippen LogP contribution in [0, 0.1) is 0 Å². The van der Waals surface area contributed by atoms with Crippen LogP contribution >= 0.6 is 0 Å². The number of aryl methyl sites for hydroxylation is 1. The molecule has 0 radical (unpaired) electrons. The van der Waals surface area contributed by atoms with Crippen LogP contribution in [0.4, 0.5) is 5.82 Å². The van der Waals surface area contributed by atoms with Crippen molar-refractivity contribution in [1.29, 1.82) is 0 Å². The van der Waals surface area contributed by atoms with Gasteiger partial charge in [0.2, 0.25) is 0 Å². The maximum absolute atomic E-state index is 4.63. The third kappa shape index (κ3) is 3.47. The van der Waals surface area contributed by atoms with Gasteiger partial charge in [0.05, 0.1) is 0 Å². The molecule has 0 aliphatic rings. The number of hydrogen-bond acceptors (Lipinski definition) is 3. The van der Waals surface area contributed by atoms with Crippen LogP contribution in [0.25, 0.3) is 0 Å². The van der Waals surface area contributed by atoms with E-state index < -0.39 is 0 Å². The van der Waals surface area contributed by atoms with Crippen molar-refractivity contribution in [1.82, 2.24) is 9.97 Å². The quantitative estimate of drug-likeness (QED) is 0.800. The van der Waals surface area contributed by atoms with E-state index >= 15 is 0 Å². The minimum Gasteiger partial charge on any atom is -0.370 e. The summed E-state index contributed by atoms with van der Waals surface area (Å²) < 4.78 is 0. The summed E-state index contributed by atoms with van der Waals surface area (Å²) in [7, 11) is 0. The first-order valence-corrected chi connectivity index (χ1v) is 6.32. The van der Waals surface area contributed by atoms with Gasteiger partial charge in [0.15, 0.2) is 0 Å². The van der Waals surface area contributed by atoms with E-state index in [4.69, 9.17) is 0 Å². The highest BCUT2D eigenvalue weighted by molar-refractivity contribution is 5.36. The maximum Gasteiger partial charge on any atom is 0.133 e. The predicted molar refractivity (Wildman–Crippen MR) is 68.9 cm³/mol. The van der Waals surface area contributed by atoms with Gasteiger partial charge in [-0.25, -0.2) is 9.97 Å². The fourth-order valence-electron chi connectivity index (χ4n) is 1.58. The van der Waals surface area contributed by atoms with Gasteiger partial charge in [-0.15, -0.1) is 0 Å². The topological polar surface area (TPSA) is 37.8 Å². The molecule has 0 fully saturated rings. The summed E-state index contributed by atoms with van der Waals surface area (Å²) in [5.41, 5.74) is 1.16. The van der Waals surface area contributed by atoms with Crippen LogP contribution in [-0.4, -0.2) is 16.5 Å². The molecule has 1 aromatic rings. The molecule has 1 heterocycles. The van der Waals surface area contributed by atoms with Gasteiger partial charge in [-0.05, 0) is 19.8 Å². The minimum absolute atomic E-state index is 0.439. The molecule has 3 nitrogen and oxygen atoms in total. The van der Waals surface area contributed by atoms with Crippen LogP contribution in [0.2, 0.25) is 0 Å². The Hall–Kier alpha value is -1.12. The molecule has 1 aromatic heterocycles. The molecular formula is C13H23N3. The molecule has 0 saturated heterocycles. The van der Waals surface area contributed by atoms with E-state index in [0.29, 0.717) is 5.92 Å². The van der Waals surface area contributed by atoms with Crippen molar-refractivity contribution in [2.45, 2.75) is 52.9 Å². The number of nitrogens with one attached hydrogen (secondary N) is 1. The second-order valence-corrected chi connectivity index (χ2v) is 4.19. The molecule has 0 bridgehead atoms. The van der Waals surface area contributed by atoms with Crippen LogP contribution < -0.4 is 5.32 Å². The number of anilines is 1. The second-order valence-electron chi connectivity index (χ2n) is 4.19. The highest BCUT2D eigenvalue weighted by Crippen LogP contribution is 2.18. The predicted octanol–water partition coefficient (Wildman–Crippen LogP) is 3.37. The molecule has 1 rings (SSSR count). The first-order valence-electron chi connectivity index (χ1n) is 6.32. The molecule has 1 atom stereocenters. The lowest BCUT2D eigenvalue weighted by Crippen LogP contribution is -2.08. The van der Waals surface area contributed by atoms with Gasteiger partial charge in [-0.1, -0.05) is 27.2 Å². The van der Waals surface area contributed by atoms with Crippen LogP contribution in [0.15, 0.2) is 6.07 Å². The Kier molecular flexibility index (Phi) is 5.23. The first-order chi connectivity index (χ1) is 7.71. The van der Waals surface area contributed by atoms with Crippen molar-refractivity contribution in [3.63, 3.8) is 0 Å². The summed E-state index contributed by atoms with van der Waals surface area (Å²) >= 11 is 0. The van der Waals surface area contributed by atoms with Crippen LogP contribution in [-0.2, 0) is 6.42 Å². The number of hydrogen-bond donors (Lipinski definition) is 1. The van der Waals surface area contributed by atoms with E-state index in [1.807, 2.05) is 0 Å². The summed E-state index contributed by atoms with van der Waals surface area (Å²) in [4.78, 5) is 9.18. The smallest absolute Gasteiger partial charge is 0.133 e. The monoisotopic (exact) mass is 221 g/mol. The maximum atomic E-state index is 4.63. The molecule has 0 amide bonds. The summed E-state index contributed by atoms with van der Waals surface area (Å²) in [5, 5.41) is 3.27. The Morgan fingerprint density at radius 1 is 1.25 bits per heavy atom. The Morgan fingerprint density at radius 2 is 2.00 bits per heavy atom. The normalized spacial score (nSPS) is 12.5. The summed E-state index contributed by atoms with van der Waals surface area (Å²) in [6.07, 6.45) is 3.24. The van der Waals surface area contributed by atoms with E-state index in [-0.39, 0.29) is 0 Å². The van der Waals surface area contributed by atoms with Crippen molar-refractivity contribution >= 4 is 5.82 Å². The van der Waals surface area contributed by atoms with Crippen LogP contribution in [0.3, 0.4) is 0 Å². The average Bonchev–Trinajstić information content (AvgIpc) is 2.28. The van der Waals surface area contributed by atoms with Gasteiger partial charge in [0.1, 0.15) is 11.6 Å². The highest BCUT2D eigenvalue weighted by Gasteiger charge is 2.09. The van der Waals surface area contributed by atoms with Gasteiger partial charge in [-0.2, -0.15) is 0 Å². The summed E-state index contributed by atoms with van der Waals surface area (Å²) in [6, 6.07) is 2.07. The molecule has 90 valence electrons.